The van der Waals surface area contributed by atoms with E-state index in [1.54, 1.807) is 0 Å². The van der Waals surface area contributed by atoms with Crippen LogP contribution in [0.5, 0.6) is 0 Å². The fraction of sp³-hybridized carbons (Fsp3) is 0.316. The Morgan fingerprint density at radius 3 is 2.79 bits per heavy atom. The van der Waals surface area contributed by atoms with Gasteiger partial charge in [-0.1, -0.05) is 29.8 Å². The largest absolute Gasteiger partial charge is 0.315 e. The molecular weight excluding hydrogens is 320 g/mol. The molecule has 0 spiro atoms. The molecule has 0 aliphatic carbocycles. The lowest BCUT2D eigenvalue weighted by atomic mass is 10.1. The molecule has 1 fully saturated rings. The van der Waals surface area contributed by atoms with Gasteiger partial charge < -0.3 is 9.72 Å². The molecule has 1 aliphatic rings. The van der Waals surface area contributed by atoms with Crippen LogP contribution in [0.4, 0.5) is 0 Å². The van der Waals surface area contributed by atoms with Crippen LogP contribution in [0.2, 0.25) is 5.02 Å². The molecule has 5 heteroatoms. The Bertz CT molecular complexity index is 817. The summed E-state index contributed by atoms with van der Waals surface area (Å²) in [6.45, 7) is 5.25. The van der Waals surface area contributed by atoms with E-state index in [1.807, 2.05) is 18.2 Å². The van der Waals surface area contributed by atoms with Crippen LogP contribution < -0.4 is 5.32 Å². The standard InChI is InChI=1S/C19H21ClN4/c20-16-7-5-15(6-8-16)19-17(14-23-11-3-9-21-10-13-23)24-12-2-1-4-18(24)22-19/h1-2,4-8,12,21H,3,9-11,13-14H2. The molecule has 1 aliphatic heterocycles. The number of imidazole rings is 1. The third-order valence-corrected chi connectivity index (χ3v) is 4.80. The average Bonchev–Trinajstić information content (AvgIpc) is 2.78. The number of hydrogen-bond acceptors (Lipinski definition) is 3. The van der Waals surface area contributed by atoms with E-state index in [4.69, 9.17) is 16.6 Å². The van der Waals surface area contributed by atoms with Gasteiger partial charge in [-0.15, -0.1) is 0 Å². The molecule has 0 unspecified atom stereocenters. The SMILES string of the molecule is Clc1ccc(-c2nc3ccccn3c2CN2CCCNCC2)cc1. The molecule has 3 heterocycles. The summed E-state index contributed by atoms with van der Waals surface area (Å²) in [6, 6.07) is 14.1. The summed E-state index contributed by atoms with van der Waals surface area (Å²) in [4.78, 5) is 7.39. The molecule has 2 aromatic heterocycles. The topological polar surface area (TPSA) is 32.6 Å². The van der Waals surface area contributed by atoms with Gasteiger partial charge in [0.05, 0.1) is 11.4 Å². The molecule has 0 radical (unpaired) electrons. The lowest BCUT2D eigenvalue weighted by Crippen LogP contribution is -2.28. The lowest BCUT2D eigenvalue weighted by Gasteiger charge is -2.20. The van der Waals surface area contributed by atoms with Crippen molar-refractivity contribution in [2.24, 2.45) is 0 Å². The number of aromatic nitrogens is 2. The van der Waals surface area contributed by atoms with E-state index >= 15 is 0 Å². The molecule has 1 aromatic carbocycles. The second-order valence-electron chi connectivity index (χ2n) is 6.22. The molecule has 124 valence electrons. The smallest absolute Gasteiger partial charge is 0.137 e. The maximum absolute atomic E-state index is 6.05. The van der Waals surface area contributed by atoms with E-state index in [9.17, 15) is 0 Å². The third kappa shape index (κ3) is 3.18. The highest BCUT2D eigenvalue weighted by Gasteiger charge is 2.17. The van der Waals surface area contributed by atoms with E-state index in [0.29, 0.717) is 0 Å². The van der Waals surface area contributed by atoms with Crippen molar-refractivity contribution in [3.05, 3.63) is 59.4 Å². The number of hydrogen-bond donors (Lipinski definition) is 1. The van der Waals surface area contributed by atoms with Crippen LogP contribution in [0, 0.1) is 0 Å². The third-order valence-electron chi connectivity index (χ3n) is 4.55. The number of rotatable bonds is 3. The monoisotopic (exact) mass is 340 g/mol. The van der Waals surface area contributed by atoms with E-state index < -0.39 is 0 Å². The Kier molecular flexibility index (Phi) is 4.52. The number of nitrogens with one attached hydrogen (secondary N) is 1. The minimum absolute atomic E-state index is 0.752. The van der Waals surface area contributed by atoms with Gasteiger partial charge in [0.1, 0.15) is 5.65 Å². The summed E-state index contributed by atoms with van der Waals surface area (Å²) in [5.74, 6) is 0. The molecule has 4 rings (SSSR count). The van der Waals surface area contributed by atoms with Crippen molar-refractivity contribution >= 4 is 17.2 Å². The first-order valence-electron chi connectivity index (χ1n) is 8.46. The second-order valence-corrected chi connectivity index (χ2v) is 6.66. The Balaban J connectivity index is 1.76. The van der Waals surface area contributed by atoms with Gasteiger partial charge in [-0.3, -0.25) is 4.90 Å². The number of pyridine rings is 1. The second kappa shape index (κ2) is 6.93. The zero-order valence-corrected chi connectivity index (χ0v) is 14.3. The van der Waals surface area contributed by atoms with Gasteiger partial charge in [0.15, 0.2) is 0 Å². The Hall–Kier alpha value is -1.88. The predicted octanol–water partition coefficient (Wildman–Crippen LogP) is 3.45. The first-order chi connectivity index (χ1) is 11.8. The Morgan fingerprint density at radius 2 is 1.92 bits per heavy atom. The van der Waals surface area contributed by atoms with Gasteiger partial charge >= 0.3 is 0 Å². The normalized spacial score (nSPS) is 16.4. The van der Waals surface area contributed by atoms with Gasteiger partial charge in [0.25, 0.3) is 0 Å². The Morgan fingerprint density at radius 1 is 1.04 bits per heavy atom. The highest BCUT2D eigenvalue weighted by atomic mass is 35.5. The van der Waals surface area contributed by atoms with E-state index in [0.717, 1.165) is 54.7 Å². The molecule has 4 nitrogen and oxygen atoms in total. The van der Waals surface area contributed by atoms with Crippen molar-refractivity contribution in [2.45, 2.75) is 13.0 Å². The summed E-state index contributed by atoms with van der Waals surface area (Å²) in [5, 5.41) is 4.22. The van der Waals surface area contributed by atoms with Crippen LogP contribution in [0.1, 0.15) is 12.1 Å². The highest BCUT2D eigenvalue weighted by Crippen LogP contribution is 2.27. The molecule has 1 N–H and O–H groups in total. The molecule has 0 saturated carbocycles. The summed E-state index contributed by atoms with van der Waals surface area (Å²) in [5.41, 5.74) is 4.40. The fourth-order valence-corrected chi connectivity index (χ4v) is 3.43. The van der Waals surface area contributed by atoms with Gasteiger partial charge in [-0.2, -0.15) is 0 Å². The maximum Gasteiger partial charge on any atom is 0.137 e. The van der Waals surface area contributed by atoms with Crippen molar-refractivity contribution in [1.29, 1.82) is 0 Å². The minimum Gasteiger partial charge on any atom is -0.315 e. The van der Waals surface area contributed by atoms with Crippen molar-refractivity contribution in [1.82, 2.24) is 19.6 Å². The van der Waals surface area contributed by atoms with Gasteiger partial charge in [-0.05, 0) is 43.8 Å². The van der Waals surface area contributed by atoms with E-state index in [-0.39, 0.29) is 0 Å². The predicted molar refractivity (Wildman–Crippen MR) is 98.4 cm³/mol. The van der Waals surface area contributed by atoms with Crippen LogP contribution in [0.15, 0.2) is 48.7 Å². The molecule has 3 aromatic rings. The summed E-state index contributed by atoms with van der Waals surface area (Å²) < 4.78 is 2.21. The summed E-state index contributed by atoms with van der Waals surface area (Å²) in [6.07, 6.45) is 3.29. The Labute approximate surface area is 147 Å². The number of nitrogens with zero attached hydrogens (tertiary/aromatic N) is 3. The van der Waals surface area contributed by atoms with Crippen molar-refractivity contribution in [3.8, 4) is 11.3 Å². The molecule has 1 saturated heterocycles. The average molecular weight is 341 g/mol. The zero-order valence-electron chi connectivity index (χ0n) is 13.6. The quantitative estimate of drug-likeness (QED) is 0.792. The number of fused-ring (bicyclic) bond motifs is 1. The molecule has 0 bridgehead atoms. The van der Waals surface area contributed by atoms with Crippen LogP contribution in [0.3, 0.4) is 0 Å². The molecule has 0 amide bonds. The van der Waals surface area contributed by atoms with Gasteiger partial charge in [0.2, 0.25) is 0 Å². The first kappa shape index (κ1) is 15.6. The van der Waals surface area contributed by atoms with Crippen LogP contribution in [-0.4, -0.2) is 40.5 Å². The van der Waals surface area contributed by atoms with E-state index in [1.165, 1.54) is 12.1 Å². The number of benzene rings is 1. The van der Waals surface area contributed by atoms with Gasteiger partial charge in [0, 0.05) is 36.4 Å². The van der Waals surface area contributed by atoms with Crippen LogP contribution in [0.25, 0.3) is 16.9 Å². The fourth-order valence-electron chi connectivity index (χ4n) is 3.31. The van der Waals surface area contributed by atoms with Crippen molar-refractivity contribution < 1.29 is 0 Å². The lowest BCUT2D eigenvalue weighted by molar-refractivity contribution is 0.281. The summed E-state index contributed by atoms with van der Waals surface area (Å²) >= 11 is 6.05. The molecule has 24 heavy (non-hydrogen) atoms. The van der Waals surface area contributed by atoms with Crippen molar-refractivity contribution in [2.75, 3.05) is 26.2 Å². The number of halogens is 1. The van der Waals surface area contributed by atoms with Crippen LogP contribution in [-0.2, 0) is 6.54 Å². The van der Waals surface area contributed by atoms with Crippen LogP contribution >= 0.6 is 11.6 Å². The first-order valence-corrected chi connectivity index (χ1v) is 8.84. The maximum atomic E-state index is 6.05. The highest BCUT2D eigenvalue weighted by molar-refractivity contribution is 6.30. The van der Waals surface area contributed by atoms with E-state index in [2.05, 4.69) is 45.1 Å². The molecular formula is C19H21ClN4. The molecule has 0 atom stereocenters. The minimum atomic E-state index is 0.752. The zero-order chi connectivity index (χ0) is 16.4. The van der Waals surface area contributed by atoms with Gasteiger partial charge in [-0.25, -0.2) is 4.98 Å². The van der Waals surface area contributed by atoms with Crippen molar-refractivity contribution in [3.63, 3.8) is 0 Å². The summed E-state index contributed by atoms with van der Waals surface area (Å²) in [7, 11) is 0.